The first-order valence-electron chi connectivity index (χ1n) is 13.4. The van der Waals surface area contributed by atoms with Crippen LogP contribution in [-0.4, -0.2) is 35.5 Å². The zero-order valence-electron chi connectivity index (χ0n) is 24.6. The van der Waals surface area contributed by atoms with Crippen LogP contribution in [-0.2, 0) is 20.9 Å². The van der Waals surface area contributed by atoms with Crippen LogP contribution < -0.4 is 4.74 Å². The van der Waals surface area contributed by atoms with Gasteiger partial charge in [0.2, 0.25) is 0 Å². The first-order valence-corrected chi connectivity index (χ1v) is 13.4. The second-order valence-electron chi connectivity index (χ2n) is 12.5. The van der Waals surface area contributed by atoms with E-state index in [1.165, 1.54) is 0 Å². The highest BCUT2D eigenvalue weighted by atomic mass is 16.5. The monoisotopic (exact) mass is 509 g/mol. The number of hydrogen-bond donors (Lipinski definition) is 0. The van der Waals surface area contributed by atoms with Gasteiger partial charge in [-0.2, -0.15) is 0 Å². The predicted octanol–water partition coefficient (Wildman–Crippen LogP) is 7.37. The van der Waals surface area contributed by atoms with Crippen molar-refractivity contribution in [1.29, 1.82) is 0 Å². The van der Waals surface area contributed by atoms with Gasteiger partial charge >= 0.3 is 11.9 Å². The number of nitrogens with zero attached hydrogens (tertiary/aromatic N) is 1. The largest absolute Gasteiger partial charge is 0.460 e. The summed E-state index contributed by atoms with van der Waals surface area (Å²) < 4.78 is 11.6. The van der Waals surface area contributed by atoms with E-state index in [4.69, 9.17) is 9.47 Å². The summed E-state index contributed by atoms with van der Waals surface area (Å²) in [7, 11) is 0. The minimum absolute atomic E-state index is 0.00207. The Morgan fingerprint density at radius 2 is 1.38 bits per heavy atom. The van der Waals surface area contributed by atoms with Gasteiger partial charge in [0.25, 0.3) is 0 Å². The Kier molecular flexibility index (Phi) is 10.5. The van der Waals surface area contributed by atoms with E-state index < -0.39 is 10.8 Å². The Labute approximate surface area is 224 Å². The highest BCUT2D eigenvalue weighted by Crippen LogP contribution is 2.37. The molecular formula is C32H47NO4. The summed E-state index contributed by atoms with van der Waals surface area (Å²) in [6, 6.07) is 16.9. The van der Waals surface area contributed by atoms with Crippen molar-refractivity contribution in [3.8, 4) is 5.75 Å². The number of benzene rings is 2. The number of carbonyl (C=O) groups excluding carboxylic acids is 2. The van der Waals surface area contributed by atoms with Gasteiger partial charge in [-0.25, -0.2) is 0 Å². The van der Waals surface area contributed by atoms with Crippen LogP contribution >= 0.6 is 0 Å². The van der Waals surface area contributed by atoms with Gasteiger partial charge in [0, 0.05) is 23.6 Å². The van der Waals surface area contributed by atoms with Crippen LogP contribution in [0.25, 0.3) is 0 Å². The van der Waals surface area contributed by atoms with Crippen LogP contribution in [0.2, 0.25) is 0 Å². The van der Waals surface area contributed by atoms with Gasteiger partial charge in [0.1, 0.15) is 12.4 Å². The molecule has 0 N–H and O–H groups in total. The molecule has 0 heterocycles. The van der Waals surface area contributed by atoms with E-state index in [9.17, 15) is 9.59 Å². The van der Waals surface area contributed by atoms with Crippen LogP contribution in [0.4, 0.5) is 0 Å². The molecule has 0 saturated carbocycles. The summed E-state index contributed by atoms with van der Waals surface area (Å²) in [6.45, 7) is 21.0. The number of esters is 2. The number of carbonyl (C=O) groups is 2. The maximum Gasteiger partial charge on any atom is 0.316 e. The van der Waals surface area contributed by atoms with Crippen molar-refractivity contribution < 1.29 is 19.1 Å². The molecule has 0 radical (unpaired) electrons. The molecule has 0 aromatic heterocycles. The summed E-state index contributed by atoms with van der Waals surface area (Å²) >= 11 is 0. The van der Waals surface area contributed by atoms with E-state index in [1.807, 2.05) is 77.9 Å². The molecule has 1 unspecified atom stereocenters. The summed E-state index contributed by atoms with van der Waals surface area (Å²) in [5.41, 5.74) is 1.75. The fourth-order valence-corrected chi connectivity index (χ4v) is 4.25. The fourth-order valence-electron chi connectivity index (χ4n) is 4.25. The molecule has 37 heavy (non-hydrogen) atoms. The Hall–Kier alpha value is -2.66. The molecule has 0 fully saturated rings. The average molecular weight is 510 g/mol. The summed E-state index contributed by atoms with van der Waals surface area (Å²) in [5.74, 6) is 0.0300. The Morgan fingerprint density at radius 3 is 1.89 bits per heavy atom. The van der Waals surface area contributed by atoms with Gasteiger partial charge in [-0.3, -0.25) is 14.5 Å². The number of ether oxygens (including phenoxy) is 2. The maximum atomic E-state index is 12.9. The van der Waals surface area contributed by atoms with Crippen molar-refractivity contribution in [3.63, 3.8) is 0 Å². The maximum absolute atomic E-state index is 12.9. The first kappa shape index (κ1) is 30.6. The van der Waals surface area contributed by atoms with Crippen molar-refractivity contribution in [2.24, 2.45) is 10.8 Å². The van der Waals surface area contributed by atoms with E-state index in [1.54, 1.807) is 0 Å². The molecule has 2 aromatic carbocycles. The van der Waals surface area contributed by atoms with Gasteiger partial charge in [0.15, 0.2) is 0 Å². The van der Waals surface area contributed by atoms with Crippen molar-refractivity contribution in [2.75, 3.05) is 6.54 Å². The standard InChI is InChI=1S/C32H47NO4/c1-22(2)33(23(3)4)19-18-26(25-14-12-11-13-15-25)27-20-24(21-36-29(34)31(5,6)7)16-17-28(27)37-30(35)32(8,9)10/h11-17,20,22-23,26H,18-19,21H2,1-10H3. The van der Waals surface area contributed by atoms with Crippen LogP contribution in [0, 0.1) is 10.8 Å². The predicted molar refractivity (Wildman–Crippen MR) is 151 cm³/mol. The Bertz CT molecular complexity index is 1020. The van der Waals surface area contributed by atoms with Crippen LogP contribution in [0.1, 0.15) is 98.3 Å². The number of hydrogen-bond acceptors (Lipinski definition) is 5. The highest BCUT2D eigenvalue weighted by Gasteiger charge is 2.28. The Morgan fingerprint density at radius 1 is 0.811 bits per heavy atom. The SMILES string of the molecule is CC(C)N(CCC(c1ccccc1)c1cc(COC(=O)C(C)(C)C)ccc1OC(=O)C(C)(C)C)C(C)C. The second-order valence-corrected chi connectivity index (χ2v) is 12.5. The van der Waals surface area contributed by atoms with Crippen LogP contribution in [0.5, 0.6) is 5.75 Å². The lowest BCUT2D eigenvalue weighted by Gasteiger charge is -2.32. The Balaban J connectivity index is 2.54. The average Bonchev–Trinajstić information content (AvgIpc) is 2.80. The summed E-state index contributed by atoms with van der Waals surface area (Å²) in [6.07, 6.45) is 0.853. The smallest absolute Gasteiger partial charge is 0.316 e. The molecule has 1 atom stereocenters. The van der Waals surface area contributed by atoms with E-state index >= 15 is 0 Å². The van der Waals surface area contributed by atoms with Gasteiger partial charge in [0.05, 0.1) is 10.8 Å². The third kappa shape index (κ3) is 8.99. The lowest BCUT2D eigenvalue weighted by molar-refractivity contribution is -0.154. The normalized spacial score (nSPS) is 13.2. The topological polar surface area (TPSA) is 55.8 Å². The van der Waals surface area contributed by atoms with Gasteiger partial charge in [-0.1, -0.05) is 36.4 Å². The molecule has 0 bridgehead atoms. The first-order chi connectivity index (χ1) is 17.1. The molecule has 2 aromatic rings. The van der Waals surface area contributed by atoms with Gasteiger partial charge in [-0.15, -0.1) is 0 Å². The molecule has 0 amide bonds. The molecule has 2 rings (SSSR count). The molecule has 204 valence electrons. The fraction of sp³-hybridized carbons (Fsp3) is 0.562. The lowest BCUT2D eigenvalue weighted by Crippen LogP contribution is -2.38. The molecule has 5 heteroatoms. The quantitative estimate of drug-likeness (QED) is 0.247. The lowest BCUT2D eigenvalue weighted by atomic mass is 9.86. The third-order valence-corrected chi connectivity index (χ3v) is 6.45. The van der Waals surface area contributed by atoms with Crippen LogP contribution in [0.3, 0.4) is 0 Å². The summed E-state index contributed by atoms with van der Waals surface area (Å²) in [5, 5.41) is 0. The minimum atomic E-state index is -0.632. The summed E-state index contributed by atoms with van der Waals surface area (Å²) in [4.78, 5) is 27.8. The molecule has 0 aliphatic rings. The molecule has 0 aliphatic heterocycles. The molecule has 0 spiro atoms. The van der Waals surface area contributed by atoms with Gasteiger partial charge in [-0.05, 0) is 105 Å². The van der Waals surface area contributed by atoms with Gasteiger partial charge < -0.3 is 9.47 Å². The third-order valence-electron chi connectivity index (χ3n) is 6.45. The second kappa shape index (κ2) is 12.7. The van der Waals surface area contributed by atoms with Crippen molar-refractivity contribution in [1.82, 2.24) is 4.90 Å². The van der Waals surface area contributed by atoms with Crippen LogP contribution in [0.15, 0.2) is 48.5 Å². The zero-order valence-corrected chi connectivity index (χ0v) is 24.6. The minimum Gasteiger partial charge on any atom is -0.460 e. The molecule has 0 saturated heterocycles. The van der Waals surface area contributed by atoms with Crippen molar-refractivity contribution in [3.05, 3.63) is 65.2 Å². The molecule has 0 aliphatic carbocycles. The molecule has 5 nitrogen and oxygen atoms in total. The van der Waals surface area contributed by atoms with E-state index in [0.717, 1.165) is 29.7 Å². The van der Waals surface area contributed by atoms with E-state index in [2.05, 4.69) is 44.7 Å². The van der Waals surface area contributed by atoms with E-state index in [-0.39, 0.29) is 24.5 Å². The zero-order chi connectivity index (χ0) is 28.0. The van der Waals surface area contributed by atoms with Crippen molar-refractivity contribution >= 4 is 11.9 Å². The highest BCUT2D eigenvalue weighted by molar-refractivity contribution is 5.78. The van der Waals surface area contributed by atoms with E-state index in [0.29, 0.717) is 17.8 Å². The van der Waals surface area contributed by atoms with Crippen molar-refractivity contribution in [2.45, 2.75) is 100 Å². The molecular weight excluding hydrogens is 462 g/mol. The number of rotatable bonds is 10.